The van der Waals surface area contributed by atoms with Gasteiger partial charge in [0.2, 0.25) is 11.5 Å². The Morgan fingerprint density at radius 3 is 2.55 bits per heavy atom. The number of aromatic nitrogens is 1. The van der Waals surface area contributed by atoms with Gasteiger partial charge >= 0.3 is 0 Å². The summed E-state index contributed by atoms with van der Waals surface area (Å²) in [5.74, 6) is -0.701. The first-order valence-corrected chi connectivity index (χ1v) is 7.77. The molecule has 118 valence electrons. The largest absolute Gasteiger partial charge is 0.456 e. The van der Waals surface area contributed by atoms with Crippen molar-refractivity contribution in [3.05, 3.63) is 42.1 Å². The Morgan fingerprint density at radius 1 is 1.27 bits per heavy atom. The number of carbonyl (C=O) groups is 1. The molecule has 1 aliphatic heterocycles. The van der Waals surface area contributed by atoms with E-state index in [-0.39, 0.29) is 17.2 Å². The third-order valence-corrected chi connectivity index (χ3v) is 4.26. The van der Waals surface area contributed by atoms with E-state index in [9.17, 15) is 4.79 Å². The Bertz CT molecular complexity index is 575. The molecule has 1 aromatic rings. The zero-order valence-electron chi connectivity index (χ0n) is 13.1. The summed E-state index contributed by atoms with van der Waals surface area (Å²) in [5.41, 5.74) is 0.991. The molecule has 1 saturated carbocycles. The van der Waals surface area contributed by atoms with E-state index in [1.807, 2.05) is 12.1 Å². The molecule has 0 saturated heterocycles. The fourth-order valence-electron chi connectivity index (χ4n) is 3.20. The number of ether oxygens (including phenoxy) is 2. The topological polar surface area (TPSA) is 60.5 Å². The van der Waals surface area contributed by atoms with Gasteiger partial charge in [0.15, 0.2) is 0 Å². The standard InChI is InChI=1S/C17H22N2O3/c1-16(2)21-12-14(22-16)15(20)19-17(7-3-4-8-17)11-13-5-9-18-10-6-13/h5-6,9-10,12H,3-4,7-8,11H2,1-2H3,(H,19,20). The highest BCUT2D eigenvalue weighted by Crippen LogP contribution is 2.34. The monoisotopic (exact) mass is 302 g/mol. The van der Waals surface area contributed by atoms with Crippen LogP contribution >= 0.6 is 0 Å². The molecule has 3 rings (SSSR count). The van der Waals surface area contributed by atoms with Crippen LogP contribution in [0, 0.1) is 0 Å². The highest BCUT2D eigenvalue weighted by atomic mass is 16.7. The second kappa shape index (κ2) is 5.63. The lowest BCUT2D eigenvalue weighted by Crippen LogP contribution is -2.48. The average Bonchev–Trinajstić information content (AvgIpc) is 3.07. The number of nitrogens with zero attached hydrogens (tertiary/aromatic N) is 1. The van der Waals surface area contributed by atoms with Crippen molar-refractivity contribution >= 4 is 5.91 Å². The first-order chi connectivity index (χ1) is 10.5. The molecule has 22 heavy (non-hydrogen) atoms. The van der Waals surface area contributed by atoms with Gasteiger partial charge in [0.1, 0.15) is 6.26 Å². The van der Waals surface area contributed by atoms with Crippen molar-refractivity contribution < 1.29 is 14.3 Å². The quantitative estimate of drug-likeness (QED) is 0.929. The van der Waals surface area contributed by atoms with Gasteiger partial charge in [-0.2, -0.15) is 0 Å². The summed E-state index contributed by atoms with van der Waals surface area (Å²) in [6.45, 7) is 3.57. The second-order valence-electron chi connectivity index (χ2n) is 6.58. The maximum absolute atomic E-state index is 12.5. The predicted molar refractivity (Wildman–Crippen MR) is 81.6 cm³/mol. The third kappa shape index (κ3) is 3.24. The summed E-state index contributed by atoms with van der Waals surface area (Å²) < 4.78 is 10.9. The SMILES string of the molecule is CC1(C)OC=C(C(=O)NC2(Cc3ccncc3)CCCC2)O1. The smallest absolute Gasteiger partial charge is 0.290 e. The lowest BCUT2D eigenvalue weighted by atomic mass is 9.89. The van der Waals surface area contributed by atoms with Crippen LogP contribution in [0.3, 0.4) is 0 Å². The summed E-state index contributed by atoms with van der Waals surface area (Å²) in [5, 5.41) is 3.19. The molecule has 0 atom stereocenters. The van der Waals surface area contributed by atoms with Gasteiger partial charge in [0.25, 0.3) is 5.91 Å². The third-order valence-electron chi connectivity index (χ3n) is 4.26. The fourth-order valence-corrected chi connectivity index (χ4v) is 3.20. The summed E-state index contributed by atoms with van der Waals surface area (Å²) in [4.78, 5) is 16.5. The number of nitrogens with one attached hydrogen (secondary N) is 1. The van der Waals surface area contributed by atoms with Gasteiger partial charge in [0.05, 0.1) is 0 Å². The minimum absolute atomic E-state index is 0.193. The highest BCUT2D eigenvalue weighted by Gasteiger charge is 2.39. The van der Waals surface area contributed by atoms with E-state index in [4.69, 9.17) is 9.47 Å². The maximum atomic E-state index is 12.5. The molecule has 0 aromatic carbocycles. The Hall–Kier alpha value is -2.04. The molecule has 0 radical (unpaired) electrons. The van der Waals surface area contributed by atoms with Crippen LogP contribution in [-0.2, 0) is 20.7 Å². The first kappa shape index (κ1) is 14.9. The van der Waals surface area contributed by atoms with Crippen LogP contribution in [0.1, 0.15) is 45.1 Å². The molecule has 0 unspecified atom stereocenters. The van der Waals surface area contributed by atoms with Gasteiger partial charge in [-0.1, -0.05) is 12.8 Å². The lowest BCUT2D eigenvalue weighted by molar-refractivity contribution is -0.138. The second-order valence-corrected chi connectivity index (χ2v) is 6.58. The molecular formula is C17H22N2O3. The molecule has 2 heterocycles. The molecule has 5 heteroatoms. The average molecular weight is 302 g/mol. The minimum Gasteiger partial charge on any atom is -0.456 e. The number of hydrogen-bond acceptors (Lipinski definition) is 4. The van der Waals surface area contributed by atoms with E-state index in [2.05, 4.69) is 10.3 Å². The van der Waals surface area contributed by atoms with E-state index >= 15 is 0 Å². The summed E-state index contributed by atoms with van der Waals surface area (Å²) >= 11 is 0. The molecule has 5 nitrogen and oxygen atoms in total. The van der Waals surface area contributed by atoms with Crippen LogP contribution in [0.4, 0.5) is 0 Å². The number of pyridine rings is 1. The maximum Gasteiger partial charge on any atom is 0.290 e. The normalized spacial score (nSPS) is 21.6. The van der Waals surface area contributed by atoms with Crippen LogP contribution in [-0.4, -0.2) is 22.2 Å². The van der Waals surface area contributed by atoms with Crippen molar-refractivity contribution in [3.63, 3.8) is 0 Å². The highest BCUT2D eigenvalue weighted by molar-refractivity contribution is 5.92. The molecule has 0 spiro atoms. The Labute approximate surface area is 130 Å². The van der Waals surface area contributed by atoms with E-state index in [0.29, 0.717) is 0 Å². The minimum atomic E-state index is -0.763. The fraction of sp³-hybridized carbons (Fsp3) is 0.529. The zero-order valence-corrected chi connectivity index (χ0v) is 13.1. The molecular weight excluding hydrogens is 280 g/mol. The van der Waals surface area contributed by atoms with Crippen molar-refractivity contribution in [1.82, 2.24) is 10.3 Å². The van der Waals surface area contributed by atoms with Gasteiger partial charge in [0, 0.05) is 31.8 Å². The van der Waals surface area contributed by atoms with Gasteiger partial charge in [-0.3, -0.25) is 9.78 Å². The number of hydrogen-bond donors (Lipinski definition) is 1. The lowest BCUT2D eigenvalue weighted by Gasteiger charge is -2.30. The van der Waals surface area contributed by atoms with Gasteiger partial charge < -0.3 is 14.8 Å². The van der Waals surface area contributed by atoms with Gasteiger partial charge in [-0.05, 0) is 37.0 Å². The summed E-state index contributed by atoms with van der Waals surface area (Å²) in [7, 11) is 0. The van der Waals surface area contributed by atoms with Crippen molar-refractivity contribution in [2.24, 2.45) is 0 Å². The molecule has 1 aromatic heterocycles. The van der Waals surface area contributed by atoms with Crippen LogP contribution in [0.15, 0.2) is 36.5 Å². The molecule has 1 amide bonds. The Kier molecular flexibility index (Phi) is 3.81. The number of amides is 1. The molecule has 0 bridgehead atoms. The van der Waals surface area contributed by atoms with Crippen LogP contribution in [0.25, 0.3) is 0 Å². The first-order valence-electron chi connectivity index (χ1n) is 7.77. The van der Waals surface area contributed by atoms with Gasteiger partial charge in [-0.15, -0.1) is 0 Å². The number of carbonyl (C=O) groups excluding carboxylic acids is 1. The van der Waals surface area contributed by atoms with Crippen molar-refractivity contribution in [3.8, 4) is 0 Å². The van der Waals surface area contributed by atoms with E-state index in [0.717, 1.165) is 32.1 Å². The predicted octanol–water partition coefficient (Wildman–Crippen LogP) is 2.68. The summed E-state index contributed by atoms with van der Waals surface area (Å²) in [6.07, 6.45) is 10.0. The number of rotatable bonds is 4. The Morgan fingerprint density at radius 2 is 1.95 bits per heavy atom. The van der Waals surface area contributed by atoms with Crippen molar-refractivity contribution in [2.45, 2.75) is 57.3 Å². The molecule has 1 aliphatic carbocycles. The van der Waals surface area contributed by atoms with Crippen molar-refractivity contribution in [2.75, 3.05) is 0 Å². The van der Waals surface area contributed by atoms with E-state index < -0.39 is 5.79 Å². The van der Waals surface area contributed by atoms with Crippen LogP contribution in [0.2, 0.25) is 0 Å². The molecule has 2 aliphatic rings. The molecule has 1 fully saturated rings. The Balaban J connectivity index is 1.71. The van der Waals surface area contributed by atoms with E-state index in [1.54, 1.807) is 26.2 Å². The van der Waals surface area contributed by atoms with Crippen LogP contribution in [0.5, 0.6) is 0 Å². The summed E-state index contributed by atoms with van der Waals surface area (Å²) in [6, 6.07) is 4.01. The van der Waals surface area contributed by atoms with Crippen LogP contribution < -0.4 is 5.32 Å². The molecule has 1 N–H and O–H groups in total. The van der Waals surface area contributed by atoms with Crippen molar-refractivity contribution in [1.29, 1.82) is 0 Å². The van der Waals surface area contributed by atoms with E-state index in [1.165, 1.54) is 11.8 Å². The zero-order chi connectivity index (χ0) is 15.6. The van der Waals surface area contributed by atoms with Gasteiger partial charge in [-0.25, -0.2) is 0 Å².